The average Bonchev–Trinajstić information content (AvgIpc) is 2.98. The van der Waals surface area contributed by atoms with Crippen molar-refractivity contribution < 1.29 is 18.3 Å². The van der Waals surface area contributed by atoms with E-state index in [2.05, 4.69) is 16.6 Å². The summed E-state index contributed by atoms with van der Waals surface area (Å²) in [4.78, 5) is 0.147. The van der Waals surface area contributed by atoms with Gasteiger partial charge in [-0.3, -0.25) is 0 Å². The lowest BCUT2D eigenvalue weighted by Crippen LogP contribution is -2.27. The Balaban J connectivity index is 2.04. The molecular formula is C15H19NO4S. The van der Waals surface area contributed by atoms with Crippen LogP contribution in [0.5, 0.6) is 0 Å². The van der Waals surface area contributed by atoms with Crippen LogP contribution in [0.4, 0.5) is 0 Å². The summed E-state index contributed by atoms with van der Waals surface area (Å²) < 4.78 is 32.5. The zero-order valence-electron chi connectivity index (χ0n) is 11.7. The smallest absolute Gasteiger partial charge is 0.241 e. The van der Waals surface area contributed by atoms with Crippen molar-refractivity contribution in [2.75, 3.05) is 26.4 Å². The highest BCUT2D eigenvalue weighted by atomic mass is 32.2. The highest BCUT2D eigenvalue weighted by molar-refractivity contribution is 7.89. The maximum atomic E-state index is 12.3. The minimum Gasteiger partial charge on any atom is -0.384 e. The van der Waals surface area contributed by atoms with E-state index in [1.807, 2.05) is 0 Å². The van der Waals surface area contributed by atoms with Gasteiger partial charge in [0.05, 0.1) is 4.90 Å². The molecule has 1 aliphatic heterocycles. The zero-order chi connectivity index (χ0) is 15.1. The highest BCUT2D eigenvalue weighted by Gasteiger charge is 2.19. The van der Waals surface area contributed by atoms with Gasteiger partial charge in [0.15, 0.2) is 0 Å². The van der Waals surface area contributed by atoms with E-state index in [1.54, 1.807) is 18.2 Å². The molecule has 5 nitrogen and oxygen atoms in total. The summed E-state index contributed by atoms with van der Waals surface area (Å²) in [6.45, 7) is 1.55. The number of aliphatic hydroxyl groups is 1. The van der Waals surface area contributed by atoms with Crippen LogP contribution in [0, 0.1) is 17.8 Å². The van der Waals surface area contributed by atoms with Gasteiger partial charge in [0.2, 0.25) is 10.0 Å². The Hall–Kier alpha value is -1.39. The van der Waals surface area contributed by atoms with E-state index in [1.165, 1.54) is 6.07 Å². The lowest BCUT2D eigenvalue weighted by Gasteiger charge is -2.10. The minimum absolute atomic E-state index is 0.147. The number of benzene rings is 1. The molecule has 6 heteroatoms. The summed E-state index contributed by atoms with van der Waals surface area (Å²) in [7, 11) is -3.59. The summed E-state index contributed by atoms with van der Waals surface area (Å²) in [5.41, 5.74) is 0.392. The second kappa shape index (κ2) is 7.57. The van der Waals surface area contributed by atoms with Gasteiger partial charge in [0, 0.05) is 25.3 Å². The molecule has 1 aromatic rings. The topological polar surface area (TPSA) is 75.6 Å². The third kappa shape index (κ3) is 4.55. The van der Waals surface area contributed by atoms with Crippen molar-refractivity contribution in [1.82, 2.24) is 4.72 Å². The Bertz CT molecular complexity index is 625. The molecule has 2 rings (SSSR count). The molecule has 1 aromatic carbocycles. The molecule has 0 aliphatic carbocycles. The summed E-state index contributed by atoms with van der Waals surface area (Å²) in [5.74, 6) is 5.56. The second-order valence-corrected chi connectivity index (χ2v) is 6.61. The van der Waals surface area contributed by atoms with E-state index < -0.39 is 10.0 Å². The molecule has 2 N–H and O–H groups in total. The molecule has 0 saturated carbocycles. The monoisotopic (exact) mass is 309 g/mol. The van der Waals surface area contributed by atoms with E-state index >= 15 is 0 Å². The van der Waals surface area contributed by atoms with Gasteiger partial charge in [-0.05, 0) is 30.9 Å². The average molecular weight is 309 g/mol. The van der Waals surface area contributed by atoms with Gasteiger partial charge in [0.25, 0.3) is 0 Å². The van der Waals surface area contributed by atoms with Crippen LogP contribution in [0.25, 0.3) is 0 Å². The molecule has 21 heavy (non-hydrogen) atoms. The Labute approximate surface area is 125 Å². The van der Waals surface area contributed by atoms with Gasteiger partial charge >= 0.3 is 0 Å². The second-order valence-electron chi connectivity index (χ2n) is 4.87. The molecule has 1 saturated heterocycles. The van der Waals surface area contributed by atoms with Crippen molar-refractivity contribution in [2.45, 2.75) is 17.7 Å². The zero-order valence-corrected chi connectivity index (χ0v) is 12.5. The fourth-order valence-electron chi connectivity index (χ4n) is 2.23. The van der Waals surface area contributed by atoms with Crippen molar-refractivity contribution in [2.24, 2.45) is 5.92 Å². The van der Waals surface area contributed by atoms with Crippen molar-refractivity contribution in [1.29, 1.82) is 0 Å². The molecule has 1 aliphatic rings. The predicted molar refractivity (Wildman–Crippen MR) is 79.1 cm³/mol. The predicted octanol–water partition coefficient (Wildman–Crippen LogP) is 0.735. The van der Waals surface area contributed by atoms with E-state index in [-0.39, 0.29) is 11.5 Å². The van der Waals surface area contributed by atoms with Crippen LogP contribution >= 0.6 is 0 Å². The summed E-state index contributed by atoms with van der Waals surface area (Å²) in [6.07, 6.45) is 1.75. The lowest BCUT2D eigenvalue weighted by molar-refractivity contribution is 0.184. The first kappa shape index (κ1) is 16.0. The van der Waals surface area contributed by atoms with Crippen LogP contribution in [0.3, 0.4) is 0 Å². The molecule has 0 aromatic heterocycles. The lowest BCUT2D eigenvalue weighted by atomic mass is 10.1. The fourth-order valence-corrected chi connectivity index (χ4v) is 3.43. The molecule has 1 fully saturated rings. The summed E-state index contributed by atoms with van der Waals surface area (Å²) in [5, 5.41) is 8.73. The van der Waals surface area contributed by atoms with E-state index in [0.717, 1.165) is 19.4 Å². The number of sulfonamides is 1. The number of aliphatic hydroxyl groups excluding tert-OH is 1. The van der Waals surface area contributed by atoms with Gasteiger partial charge in [0.1, 0.15) is 6.61 Å². The van der Waals surface area contributed by atoms with Gasteiger partial charge in [-0.2, -0.15) is 0 Å². The molecule has 114 valence electrons. The molecule has 0 bridgehead atoms. The molecular weight excluding hydrogens is 290 g/mol. The first-order chi connectivity index (χ1) is 10.1. The highest BCUT2D eigenvalue weighted by Crippen LogP contribution is 2.17. The summed E-state index contributed by atoms with van der Waals surface area (Å²) >= 11 is 0. The number of hydrogen-bond acceptors (Lipinski definition) is 4. The third-order valence-corrected chi connectivity index (χ3v) is 4.87. The molecule has 1 atom stereocenters. The van der Waals surface area contributed by atoms with E-state index in [0.29, 0.717) is 24.6 Å². The minimum atomic E-state index is -3.59. The molecule has 0 amide bonds. The van der Waals surface area contributed by atoms with Gasteiger partial charge in [-0.1, -0.05) is 24.0 Å². The number of nitrogens with one attached hydrogen (secondary N) is 1. The Morgan fingerprint density at radius 2 is 2.19 bits per heavy atom. The Kier molecular flexibility index (Phi) is 5.76. The normalized spacial score (nSPS) is 18.2. The van der Waals surface area contributed by atoms with Crippen LogP contribution in [0.2, 0.25) is 0 Å². The van der Waals surface area contributed by atoms with E-state index in [4.69, 9.17) is 9.84 Å². The van der Waals surface area contributed by atoms with Gasteiger partial charge in [-0.25, -0.2) is 13.1 Å². The van der Waals surface area contributed by atoms with Crippen molar-refractivity contribution in [3.8, 4) is 11.8 Å². The maximum Gasteiger partial charge on any atom is 0.241 e. The van der Waals surface area contributed by atoms with Crippen LogP contribution in [0.15, 0.2) is 29.2 Å². The van der Waals surface area contributed by atoms with Gasteiger partial charge in [-0.15, -0.1) is 0 Å². The Morgan fingerprint density at radius 3 is 2.90 bits per heavy atom. The molecule has 1 heterocycles. The fraction of sp³-hybridized carbons (Fsp3) is 0.467. The van der Waals surface area contributed by atoms with Crippen LogP contribution in [0.1, 0.15) is 18.4 Å². The van der Waals surface area contributed by atoms with Gasteiger partial charge < -0.3 is 9.84 Å². The first-order valence-corrected chi connectivity index (χ1v) is 8.38. The Morgan fingerprint density at radius 1 is 1.38 bits per heavy atom. The summed E-state index contributed by atoms with van der Waals surface area (Å²) in [6, 6.07) is 6.52. The molecule has 0 spiro atoms. The SMILES string of the molecule is O=S(=O)(NCCC1CCOC1)c1ccccc1C#CCO. The van der Waals surface area contributed by atoms with Crippen molar-refractivity contribution in [3.05, 3.63) is 29.8 Å². The third-order valence-electron chi connectivity index (χ3n) is 3.35. The molecule has 1 unspecified atom stereocenters. The van der Waals surface area contributed by atoms with E-state index in [9.17, 15) is 8.42 Å². The van der Waals surface area contributed by atoms with Crippen LogP contribution in [-0.4, -0.2) is 39.9 Å². The maximum absolute atomic E-state index is 12.3. The largest absolute Gasteiger partial charge is 0.384 e. The van der Waals surface area contributed by atoms with Crippen LogP contribution < -0.4 is 4.72 Å². The van der Waals surface area contributed by atoms with Crippen LogP contribution in [-0.2, 0) is 14.8 Å². The molecule has 0 radical (unpaired) electrons. The van der Waals surface area contributed by atoms with Crippen molar-refractivity contribution >= 4 is 10.0 Å². The number of rotatable bonds is 5. The van der Waals surface area contributed by atoms with Crippen molar-refractivity contribution in [3.63, 3.8) is 0 Å². The number of hydrogen-bond donors (Lipinski definition) is 2. The standard InChI is InChI=1S/C15H19NO4S/c17-10-3-5-14-4-1-2-6-15(14)21(18,19)16-9-7-13-8-11-20-12-13/h1-2,4,6,13,16-17H,7-12H2. The number of ether oxygens (including phenoxy) is 1. The first-order valence-electron chi connectivity index (χ1n) is 6.89. The quantitative estimate of drug-likeness (QED) is 0.787.